The summed E-state index contributed by atoms with van der Waals surface area (Å²) in [7, 11) is 0. The molecule has 0 aromatic rings. The minimum absolute atomic E-state index is 0.0352. The zero-order valence-electron chi connectivity index (χ0n) is 7.82. The highest BCUT2D eigenvalue weighted by atomic mass is 16.3. The van der Waals surface area contributed by atoms with E-state index in [1.807, 2.05) is 20.8 Å². The molecule has 0 aromatic heterocycles. The average molecular weight is 172 g/mol. The van der Waals surface area contributed by atoms with E-state index < -0.39 is 0 Å². The van der Waals surface area contributed by atoms with Crippen LogP contribution in [0, 0.1) is 0 Å². The van der Waals surface area contributed by atoms with E-state index in [9.17, 15) is 4.79 Å². The molecule has 70 valence electrons. The van der Waals surface area contributed by atoms with Crippen molar-refractivity contribution in [3.63, 3.8) is 0 Å². The lowest BCUT2D eigenvalue weighted by Gasteiger charge is -2.32. The predicted molar refractivity (Wildman–Crippen MR) is 48.1 cm³/mol. The summed E-state index contributed by atoms with van der Waals surface area (Å²) in [6, 6.07) is 0. The summed E-state index contributed by atoms with van der Waals surface area (Å²) in [6.45, 7) is 6.36. The van der Waals surface area contributed by atoms with Crippen LogP contribution in [0.25, 0.3) is 0 Å². The Morgan fingerprint density at radius 2 is 2.08 bits per heavy atom. The fourth-order valence-corrected chi connectivity index (χ4v) is 0.769. The highest BCUT2D eigenvalue weighted by molar-refractivity contribution is 6.12. The molecule has 0 bridgehead atoms. The van der Waals surface area contributed by atoms with Gasteiger partial charge in [-0.2, -0.15) is 5.10 Å². The molecule has 0 spiro atoms. The SMILES string of the molecule is CC(C)(C)N(CCO)N=CC=O. The van der Waals surface area contributed by atoms with Gasteiger partial charge in [0.05, 0.1) is 19.4 Å². The van der Waals surface area contributed by atoms with Crippen molar-refractivity contribution in [1.82, 2.24) is 5.01 Å². The van der Waals surface area contributed by atoms with Crippen LogP contribution in [0.15, 0.2) is 5.10 Å². The van der Waals surface area contributed by atoms with Crippen molar-refractivity contribution in [2.24, 2.45) is 5.10 Å². The number of nitrogens with zero attached hydrogens (tertiary/aromatic N) is 2. The van der Waals surface area contributed by atoms with Crippen molar-refractivity contribution in [3.05, 3.63) is 0 Å². The van der Waals surface area contributed by atoms with E-state index in [-0.39, 0.29) is 12.1 Å². The molecular weight excluding hydrogens is 156 g/mol. The standard InChI is InChI=1S/C8H16N2O2/c1-8(2,3)10(5-7-12)9-4-6-11/h4,6,12H,5,7H2,1-3H3. The van der Waals surface area contributed by atoms with Crippen LogP contribution in [-0.2, 0) is 4.79 Å². The van der Waals surface area contributed by atoms with Gasteiger partial charge in [-0.3, -0.25) is 9.80 Å². The first kappa shape index (κ1) is 11.1. The van der Waals surface area contributed by atoms with Crippen LogP contribution in [-0.4, -0.2) is 41.3 Å². The Kier molecular flexibility index (Phi) is 4.51. The van der Waals surface area contributed by atoms with Gasteiger partial charge < -0.3 is 5.11 Å². The molecule has 0 radical (unpaired) electrons. The Balaban J connectivity index is 4.22. The summed E-state index contributed by atoms with van der Waals surface area (Å²) in [4.78, 5) is 10.0. The molecule has 0 fully saturated rings. The lowest BCUT2D eigenvalue weighted by atomic mass is 10.1. The first-order chi connectivity index (χ1) is 5.52. The monoisotopic (exact) mass is 172 g/mol. The second-order valence-electron chi connectivity index (χ2n) is 3.42. The van der Waals surface area contributed by atoms with Crippen molar-refractivity contribution < 1.29 is 9.90 Å². The average Bonchev–Trinajstić information content (AvgIpc) is 1.95. The summed E-state index contributed by atoms with van der Waals surface area (Å²) >= 11 is 0. The molecule has 0 atom stereocenters. The Hall–Kier alpha value is -0.900. The van der Waals surface area contributed by atoms with Crippen molar-refractivity contribution in [3.8, 4) is 0 Å². The molecule has 1 N–H and O–H groups in total. The van der Waals surface area contributed by atoms with Crippen LogP contribution in [0.2, 0.25) is 0 Å². The van der Waals surface area contributed by atoms with Gasteiger partial charge in [-0.15, -0.1) is 0 Å². The normalized spacial score (nSPS) is 12.0. The van der Waals surface area contributed by atoms with Crippen molar-refractivity contribution >= 4 is 12.5 Å². The van der Waals surface area contributed by atoms with E-state index in [4.69, 9.17) is 5.11 Å². The summed E-state index contributed by atoms with van der Waals surface area (Å²) in [6.07, 6.45) is 1.80. The number of rotatable bonds is 4. The summed E-state index contributed by atoms with van der Waals surface area (Å²) in [5.41, 5.74) is -0.164. The number of carbonyl (C=O) groups is 1. The van der Waals surface area contributed by atoms with Crippen LogP contribution in [0.4, 0.5) is 0 Å². The van der Waals surface area contributed by atoms with Crippen LogP contribution < -0.4 is 0 Å². The smallest absolute Gasteiger partial charge is 0.162 e. The lowest BCUT2D eigenvalue weighted by molar-refractivity contribution is -0.102. The lowest BCUT2D eigenvalue weighted by Crippen LogP contribution is -2.39. The minimum atomic E-state index is -0.164. The van der Waals surface area contributed by atoms with Crippen LogP contribution in [0.1, 0.15) is 20.8 Å². The number of aldehydes is 1. The molecule has 0 aromatic carbocycles. The fourth-order valence-electron chi connectivity index (χ4n) is 0.769. The largest absolute Gasteiger partial charge is 0.394 e. The summed E-state index contributed by atoms with van der Waals surface area (Å²) in [5.74, 6) is 0. The second-order valence-corrected chi connectivity index (χ2v) is 3.42. The predicted octanol–water partition coefficient (Wildman–Crippen LogP) is 0.264. The van der Waals surface area contributed by atoms with Crippen molar-refractivity contribution in [2.45, 2.75) is 26.3 Å². The summed E-state index contributed by atoms with van der Waals surface area (Å²) < 4.78 is 0. The number of hydrogen-bond donors (Lipinski definition) is 1. The molecule has 0 unspecified atom stereocenters. The third-order valence-electron chi connectivity index (χ3n) is 1.35. The van der Waals surface area contributed by atoms with E-state index in [0.717, 1.165) is 0 Å². The van der Waals surface area contributed by atoms with E-state index >= 15 is 0 Å². The molecule has 0 saturated carbocycles. The molecule has 0 heterocycles. The Morgan fingerprint density at radius 3 is 2.42 bits per heavy atom. The molecule has 0 aliphatic carbocycles. The fraction of sp³-hybridized carbons (Fsp3) is 0.750. The molecule has 0 rings (SSSR count). The number of hydrogen-bond acceptors (Lipinski definition) is 4. The van der Waals surface area contributed by atoms with Crippen LogP contribution in [0.5, 0.6) is 0 Å². The Morgan fingerprint density at radius 1 is 1.50 bits per heavy atom. The molecule has 0 aliphatic rings. The molecule has 12 heavy (non-hydrogen) atoms. The number of hydrazone groups is 1. The van der Waals surface area contributed by atoms with Gasteiger partial charge in [-0.1, -0.05) is 0 Å². The van der Waals surface area contributed by atoms with Gasteiger partial charge in [-0.05, 0) is 20.8 Å². The van der Waals surface area contributed by atoms with Crippen molar-refractivity contribution in [2.75, 3.05) is 13.2 Å². The second kappa shape index (κ2) is 4.87. The van der Waals surface area contributed by atoms with Gasteiger partial charge in [0.2, 0.25) is 0 Å². The third-order valence-corrected chi connectivity index (χ3v) is 1.35. The summed E-state index contributed by atoms with van der Waals surface area (Å²) in [5, 5.41) is 14.2. The van der Waals surface area contributed by atoms with Gasteiger partial charge >= 0.3 is 0 Å². The highest BCUT2D eigenvalue weighted by Gasteiger charge is 2.17. The molecule has 0 aliphatic heterocycles. The van der Waals surface area contributed by atoms with Gasteiger partial charge in [0.25, 0.3) is 0 Å². The molecule has 0 amide bonds. The maximum absolute atomic E-state index is 10.0. The topological polar surface area (TPSA) is 52.9 Å². The van der Waals surface area contributed by atoms with E-state index in [1.165, 1.54) is 6.21 Å². The van der Waals surface area contributed by atoms with Gasteiger partial charge in [-0.25, -0.2) is 0 Å². The maximum atomic E-state index is 10.0. The first-order valence-electron chi connectivity index (χ1n) is 3.88. The Labute approximate surface area is 72.9 Å². The molecule has 0 saturated heterocycles. The zero-order chi connectivity index (χ0) is 9.61. The number of aliphatic hydroxyl groups is 1. The highest BCUT2D eigenvalue weighted by Crippen LogP contribution is 2.11. The first-order valence-corrected chi connectivity index (χ1v) is 3.88. The van der Waals surface area contributed by atoms with Crippen LogP contribution >= 0.6 is 0 Å². The van der Waals surface area contributed by atoms with Crippen molar-refractivity contribution in [1.29, 1.82) is 0 Å². The van der Waals surface area contributed by atoms with Gasteiger partial charge in [0.15, 0.2) is 6.29 Å². The van der Waals surface area contributed by atoms with Gasteiger partial charge in [0, 0.05) is 5.54 Å². The van der Waals surface area contributed by atoms with Crippen LogP contribution in [0.3, 0.4) is 0 Å². The Bertz CT molecular complexity index is 161. The maximum Gasteiger partial charge on any atom is 0.162 e. The number of carbonyl (C=O) groups excluding carboxylic acids is 1. The number of β-amino-alcohol motifs (C(OH)–C–C–N with tert-alkyl or cyclic N) is 1. The van der Waals surface area contributed by atoms with E-state index in [2.05, 4.69) is 5.10 Å². The zero-order valence-corrected chi connectivity index (χ0v) is 7.82. The quantitative estimate of drug-likeness (QED) is 0.376. The van der Waals surface area contributed by atoms with E-state index in [0.29, 0.717) is 12.8 Å². The third kappa shape index (κ3) is 4.08. The van der Waals surface area contributed by atoms with E-state index in [1.54, 1.807) is 5.01 Å². The molecule has 4 nitrogen and oxygen atoms in total. The van der Waals surface area contributed by atoms with Gasteiger partial charge in [0.1, 0.15) is 0 Å². The molecular formula is C8H16N2O2. The molecule has 4 heteroatoms. The number of aliphatic hydroxyl groups excluding tert-OH is 1. The minimum Gasteiger partial charge on any atom is -0.394 e.